The molecular formula is C15H21BrN2O3S. The van der Waals surface area contributed by atoms with E-state index in [1.807, 2.05) is 0 Å². The van der Waals surface area contributed by atoms with Crippen molar-refractivity contribution in [2.75, 3.05) is 14.1 Å². The number of carbonyl (C=O) groups is 1. The van der Waals surface area contributed by atoms with Gasteiger partial charge in [0.2, 0.25) is 10.0 Å². The minimum atomic E-state index is -3.59. The number of sulfonamides is 1. The van der Waals surface area contributed by atoms with E-state index in [2.05, 4.69) is 21.2 Å². The van der Waals surface area contributed by atoms with E-state index in [0.717, 1.165) is 30.0 Å². The van der Waals surface area contributed by atoms with E-state index in [4.69, 9.17) is 0 Å². The lowest BCUT2D eigenvalue weighted by Crippen LogP contribution is -2.36. The van der Waals surface area contributed by atoms with E-state index >= 15 is 0 Å². The maximum Gasteiger partial charge on any atom is 0.251 e. The average molecular weight is 389 g/mol. The van der Waals surface area contributed by atoms with Gasteiger partial charge < -0.3 is 5.32 Å². The molecule has 22 heavy (non-hydrogen) atoms. The Labute approximate surface area is 140 Å². The fraction of sp³-hybridized carbons (Fsp3) is 0.533. The lowest BCUT2D eigenvalue weighted by molar-refractivity contribution is 0.0927. The molecule has 5 nitrogen and oxygen atoms in total. The van der Waals surface area contributed by atoms with Crippen LogP contribution in [0.4, 0.5) is 0 Å². The van der Waals surface area contributed by atoms with Gasteiger partial charge in [-0.15, -0.1) is 0 Å². The number of carbonyl (C=O) groups excluding carboxylic acids is 1. The molecule has 1 aliphatic carbocycles. The summed E-state index contributed by atoms with van der Waals surface area (Å²) in [4.78, 5) is 12.4. The van der Waals surface area contributed by atoms with Crippen LogP contribution in [0.15, 0.2) is 27.6 Å². The number of nitrogens with zero attached hydrogens (tertiary/aromatic N) is 1. The monoisotopic (exact) mass is 388 g/mol. The molecule has 0 heterocycles. The molecule has 0 spiro atoms. The average Bonchev–Trinajstić information content (AvgIpc) is 2.48. The lowest BCUT2D eigenvalue weighted by Gasteiger charge is -2.23. The minimum Gasteiger partial charge on any atom is -0.349 e. The van der Waals surface area contributed by atoms with E-state index in [1.165, 1.54) is 26.6 Å². The van der Waals surface area contributed by atoms with Crippen LogP contribution in [-0.4, -0.2) is 38.8 Å². The minimum absolute atomic E-state index is 0.105. The van der Waals surface area contributed by atoms with E-state index < -0.39 is 10.0 Å². The van der Waals surface area contributed by atoms with Crippen molar-refractivity contribution in [1.29, 1.82) is 0 Å². The molecule has 0 radical (unpaired) electrons. The Morgan fingerprint density at radius 3 is 2.45 bits per heavy atom. The van der Waals surface area contributed by atoms with Crippen molar-refractivity contribution in [3.8, 4) is 0 Å². The standard InChI is InChI=1S/C15H21BrN2O3S/c1-18(2)22(20,21)14-10-11(8-9-13(14)16)15(19)17-12-6-4-3-5-7-12/h8-10,12H,3-7H2,1-2H3,(H,17,19). The lowest BCUT2D eigenvalue weighted by atomic mass is 9.95. The van der Waals surface area contributed by atoms with E-state index in [1.54, 1.807) is 12.1 Å². The fourth-order valence-electron chi connectivity index (χ4n) is 2.55. The summed E-state index contributed by atoms with van der Waals surface area (Å²) in [5.41, 5.74) is 0.370. The predicted octanol–water partition coefficient (Wildman–Crippen LogP) is 2.76. The Morgan fingerprint density at radius 2 is 1.86 bits per heavy atom. The van der Waals surface area contributed by atoms with Gasteiger partial charge in [0.1, 0.15) is 0 Å². The molecule has 0 aliphatic heterocycles. The summed E-state index contributed by atoms with van der Waals surface area (Å²) in [7, 11) is -0.653. The third-order valence-corrected chi connectivity index (χ3v) is 6.70. The summed E-state index contributed by atoms with van der Waals surface area (Å²) >= 11 is 3.24. The molecule has 1 aliphatic rings. The maximum atomic E-state index is 12.3. The normalized spacial score (nSPS) is 16.7. The largest absolute Gasteiger partial charge is 0.349 e. The zero-order valence-electron chi connectivity index (χ0n) is 12.8. The van der Waals surface area contributed by atoms with Crippen molar-refractivity contribution in [3.05, 3.63) is 28.2 Å². The van der Waals surface area contributed by atoms with E-state index in [9.17, 15) is 13.2 Å². The number of rotatable bonds is 4. The topological polar surface area (TPSA) is 66.5 Å². The summed E-state index contributed by atoms with van der Waals surface area (Å²) in [6, 6.07) is 4.86. The van der Waals surface area contributed by atoms with Crippen LogP contribution in [0.3, 0.4) is 0 Å². The van der Waals surface area contributed by atoms with Gasteiger partial charge in [0.25, 0.3) is 5.91 Å². The first-order chi connectivity index (χ1) is 10.3. The van der Waals surface area contributed by atoms with Crippen LogP contribution in [0.2, 0.25) is 0 Å². The molecule has 2 rings (SSSR count). The summed E-state index contributed by atoms with van der Waals surface area (Å²) in [6.07, 6.45) is 5.46. The highest BCUT2D eigenvalue weighted by Gasteiger charge is 2.23. The highest BCUT2D eigenvalue weighted by Crippen LogP contribution is 2.25. The van der Waals surface area contributed by atoms with Crippen LogP contribution in [0, 0.1) is 0 Å². The van der Waals surface area contributed by atoms with Crippen molar-refractivity contribution < 1.29 is 13.2 Å². The Hall–Kier alpha value is -0.920. The van der Waals surface area contributed by atoms with Gasteiger partial charge in [0, 0.05) is 30.2 Å². The zero-order chi connectivity index (χ0) is 16.3. The van der Waals surface area contributed by atoms with Crippen LogP contribution in [0.25, 0.3) is 0 Å². The highest BCUT2D eigenvalue weighted by molar-refractivity contribution is 9.10. The molecular weight excluding hydrogens is 368 g/mol. The van der Waals surface area contributed by atoms with Crippen molar-refractivity contribution in [2.24, 2.45) is 0 Å². The second kappa shape index (κ2) is 7.10. The number of benzene rings is 1. The molecule has 1 aromatic carbocycles. The maximum absolute atomic E-state index is 12.3. The van der Waals surface area contributed by atoms with Crippen molar-refractivity contribution in [1.82, 2.24) is 9.62 Å². The summed E-state index contributed by atoms with van der Waals surface area (Å²) in [6.45, 7) is 0. The second-order valence-corrected chi connectivity index (χ2v) is 8.72. The van der Waals surface area contributed by atoms with Crippen LogP contribution in [0.5, 0.6) is 0 Å². The zero-order valence-corrected chi connectivity index (χ0v) is 15.2. The van der Waals surface area contributed by atoms with Crippen molar-refractivity contribution in [3.63, 3.8) is 0 Å². The van der Waals surface area contributed by atoms with Crippen LogP contribution in [0.1, 0.15) is 42.5 Å². The van der Waals surface area contributed by atoms with Gasteiger partial charge in [-0.25, -0.2) is 12.7 Å². The molecule has 0 saturated heterocycles. The molecule has 1 fully saturated rings. The summed E-state index contributed by atoms with van der Waals surface area (Å²) < 4.78 is 26.2. The van der Waals surface area contributed by atoms with Crippen molar-refractivity contribution in [2.45, 2.75) is 43.0 Å². The predicted molar refractivity (Wildman–Crippen MR) is 89.4 cm³/mol. The molecule has 0 atom stereocenters. The van der Waals surface area contributed by atoms with Gasteiger partial charge in [-0.05, 0) is 47.0 Å². The molecule has 0 unspecified atom stereocenters. The first kappa shape index (κ1) is 17.4. The second-order valence-electron chi connectivity index (χ2n) is 5.74. The molecule has 0 bridgehead atoms. The van der Waals surface area contributed by atoms with Crippen LogP contribution >= 0.6 is 15.9 Å². The third kappa shape index (κ3) is 3.88. The van der Waals surface area contributed by atoms with E-state index in [-0.39, 0.29) is 16.8 Å². The smallest absolute Gasteiger partial charge is 0.251 e. The van der Waals surface area contributed by atoms with E-state index in [0.29, 0.717) is 10.0 Å². The number of hydrogen-bond donors (Lipinski definition) is 1. The number of amides is 1. The number of hydrogen-bond acceptors (Lipinski definition) is 3. The molecule has 122 valence electrons. The number of nitrogens with one attached hydrogen (secondary N) is 1. The van der Waals surface area contributed by atoms with Gasteiger partial charge in [-0.3, -0.25) is 4.79 Å². The highest BCUT2D eigenvalue weighted by atomic mass is 79.9. The first-order valence-corrected chi connectivity index (χ1v) is 9.58. The van der Waals surface area contributed by atoms with Gasteiger partial charge in [0.15, 0.2) is 0 Å². The first-order valence-electron chi connectivity index (χ1n) is 7.35. The SMILES string of the molecule is CN(C)S(=O)(=O)c1cc(C(=O)NC2CCCCC2)ccc1Br. The molecule has 1 amide bonds. The van der Waals surface area contributed by atoms with Gasteiger partial charge >= 0.3 is 0 Å². The molecule has 0 aromatic heterocycles. The molecule has 7 heteroatoms. The van der Waals surface area contributed by atoms with Crippen LogP contribution < -0.4 is 5.32 Å². The summed E-state index contributed by atoms with van der Waals surface area (Å²) in [5.74, 6) is -0.213. The quantitative estimate of drug-likeness (QED) is 0.861. The number of halogens is 1. The molecule has 1 aromatic rings. The van der Waals surface area contributed by atoms with Gasteiger partial charge in [-0.1, -0.05) is 19.3 Å². The third-order valence-electron chi connectivity index (χ3n) is 3.89. The molecule has 1 saturated carbocycles. The van der Waals surface area contributed by atoms with Crippen LogP contribution in [-0.2, 0) is 10.0 Å². The Morgan fingerprint density at radius 1 is 1.23 bits per heavy atom. The van der Waals surface area contributed by atoms with Crippen molar-refractivity contribution >= 4 is 31.9 Å². The van der Waals surface area contributed by atoms with Gasteiger partial charge in [-0.2, -0.15) is 0 Å². The van der Waals surface area contributed by atoms with Gasteiger partial charge in [0.05, 0.1) is 4.90 Å². The Bertz CT molecular complexity index is 653. The Balaban J connectivity index is 2.23. The summed E-state index contributed by atoms with van der Waals surface area (Å²) in [5, 5.41) is 3.00. The Kier molecular flexibility index (Phi) is 5.63. The fourth-order valence-corrected chi connectivity index (χ4v) is 4.40. The molecule has 1 N–H and O–H groups in total.